The van der Waals surface area contributed by atoms with E-state index in [1.165, 1.54) is 12.0 Å². The number of hydrogen-bond acceptors (Lipinski definition) is 8. The molecule has 58 heavy (non-hydrogen) atoms. The van der Waals surface area contributed by atoms with Crippen molar-refractivity contribution in [3.05, 3.63) is 70.5 Å². The number of methoxy groups -OCH3 is 1. The highest BCUT2D eigenvalue weighted by Gasteiger charge is 2.46. The first-order valence-electron chi connectivity index (χ1n) is 21.3. The van der Waals surface area contributed by atoms with Crippen molar-refractivity contribution < 1.29 is 27.5 Å². The van der Waals surface area contributed by atoms with Crippen LogP contribution in [0, 0.1) is 5.92 Å². The molecule has 4 aromatic rings. The summed E-state index contributed by atoms with van der Waals surface area (Å²) in [5.74, 6) is 0.164. The zero-order valence-corrected chi connectivity index (χ0v) is 35.0. The van der Waals surface area contributed by atoms with E-state index < -0.39 is 15.9 Å². The first-order valence-corrected chi connectivity index (χ1v) is 23.0. The molecule has 308 valence electrons. The number of hydrogen-bond donors (Lipinski definition) is 1. The van der Waals surface area contributed by atoms with Gasteiger partial charge in [-0.1, -0.05) is 46.1 Å². The van der Waals surface area contributed by atoms with Gasteiger partial charge >= 0.3 is 0 Å². The van der Waals surface area contributed by atoms with E-state index in [0.29, 0.717) is 43.8 Å². The number of nitrogens with zero attached hydrogens (tertiary/aromatic N) is 5. The molecule has 1 saturated carbocycles. The van der Waals surface area contributed by atoms with Gasteiger partial charge in [-0.3, -0.25) is 19.2 Å². The van der Waals surface area contributed by atoms with E-state index in [1.54, 1.807) is 19.4 Å². The van der Waals surface area contributed by atoms with Gasteiger partial charge in [0.1, 0.15) is 5.75 Å². The molecule has 2 amide bonds. The summed E-state index contributed by atoms with van der Waals surface area (Å²) >= 11 is 0. The van der Waals surface area contributed by atoms with Crippen molar-refractivity contribution in [3.8, 4) is 17.0 Å². The van der Waals surface area contributed by atoms with E-state index >= 15 is 0 Å². The summed E-state index contributed by atoms with van der Waals surface area (Å²) in [5, 5.41) is 6.09. The normalized spacial score (nSPS) is 21.6. The number of sulfonamides is 1. The smallest absolute Gasteiger partial charge is 0.264 e. The second-order valence-electron chi connectivity index (χ2n) is 17.4. The van der Waals surface area contributed by atoms with Crippen LogP contribution in [0.4, 0.5) is 0 Å². The van der Waals surface area contributed by atoms with Crippen molar-refractivity contribution in [1.29, 1.82) is 0 Å². The van der Waals surface area contributed by atoms with Crippen molar-refractivity contribution in [2.45, 2.75) is 103 Å². The molecule has 1 aliphatic carbocycles. The van der Waals surface area contributed by atoms with Gasteiger partial charge in [-0.05, 0) is 104 Å². The first kappa shape index (κ1) is 39.0. The molecule has 4 aliphatic heterocycles. The maximum Gasteiger partial charge on any atom is 0.264 e. The van der Waals surface area contributed by atoms with Gasteiger partial charge < -0.3 is 18.9 Å². The molecule has 3 saturated heterocycles. The second kappa shape index (κ2) is 15.6. The van der Waals surface area contributed by atoms with Crippen molar-refractivity contribution in [2.75, 3.05) is 45.7 Å². The zero-order chi connectivity index (χ0) is 40.3. The van der Waals surface area contributed by atoms with Gasteiger partial charge in [-0.2, -0.15) is 5.10 Å². The summed E-state index contributed by atoms with van der Waals surface area (Å²) in [6.07, 6.45) is 12.2. The fourth-order valence-electron chi connectivity index (χ4n) is 10.6. The minimum Gasteiger partial charge on any atom is -0.497 e. The Bertz CT molecular complexity index is 2380. The Morgan fingerprint density at radius 3 is 2.47 bits per heavy atom. The van der Waals surface area contributed by atoms with Gasteiger partial charge in [0.05, 0.1) is 48.6 Å². The lowest BCUT2D eigenvalue weighted by atomic mass is 9.81. The Hall–Kier alpha value is -4.46. The quantitative estimate of drug-likeness (QED) is 0.180. The molecule has 2 atom stereocenters. The molecule has 2 aromatic heterocycles. The molecule has 13 heteroatoms. The highest BCUT2D eigenvalue weighted by Crippen LogP contribution is 2.48. The molecule has 2 aromatic carbocycles. The molecule has 0 spiro atoms. The Morgan fingerprint density at radius 2 is 1.76 bits per heavy atom. The number of benzene rings is 2. The highest BCUT2D eigenvalue weighted by atomic mass is 32.2. The van der Waals surface area contributed by atoms with E-state index in [-0.39, 0.29) is 35.2 Å². The van der Waals surface area contributed by atoms with Crippen LogP contribution in [-0.4, -0.2) is 102 Å². The van der Waals surface area contributed by atoms with Crippen LogP contribution in [0.15, 0.2) is 42.6 Å². The fraction of sp³-hybridized carbons (Fsp3) is 0.533. The molecule has 2 bridgehead atoms. The summed E-state index contributed by atoms with van der Waals surface area (Å²) in [7, 11) is -2.15. The van der Waals surface area contributed by atoms with Crippen LogP contribution in [0.3, 0.4) is 0 Å². The number of amides is 2. The summed E-state index contributed by atoms with van der Waals surface area (Å²) in [6, 6.07) is 12.5. The molecular weight excluding hydrogens is 753 g/mol. The van der Waals surface area contributed by atoms with Crippen molar-refractivity contribution in [3.63, 3.8) is 0 Å². The standard InChI is InChI=1S/C45H56N6O6S/c1-5-48-25-35-22-34(48)26-49(35)45(53)39-23-46-51(33-15-17-57-18-16-33)42(39)32-19-31-20-36(56-4)12-14-37(31)43-41(29-9-7-6-8-10-29)38-13-11-30(21-40(38)50(43)24-32)44(52)47-58(54,55)27-28(2)3/h11-14,19-21,23,28-29,33-35H,5-10,15-18,22,24-27H2,1-4H3,(H,47,52)/t34-,35-/m0/s1. The second-order valence-corrected chi connectivity index (χ2v) is 19.2. The fourth-order valence-corrected chi connectivity index (χ4v) is 12.0. The van der Waals surface area contributed by atoms with Gasteiger partial charge in [0, 0.05) is 60.4 Å². The van der Waals surface area contributed by atoms with Crippen LogP contribution in [0.25, 0.3) is 33.8 Å². The van der Waals surface area contributed by atoms with E-state index in [1.807, 2.05) is 32.0 Å². The number of aromatic nitrogens is 3. The molecular formula is C45H56N6O6S. The van der Waals surface area contributed by atoms with E-state index in [0.717, 1.165) is 103 Å². The van der Waals surface area contributed by atoms with Gasteiger partial charge in [-0.25, -0.2) is 13.1 Å². The average Bonchev–Trinajstić information content (AvgIpc) is 4.00. The topological polar surface area (TPSA) is 128 Å². The molecule has 12 nitrogen and oxygen atoms in total. The Kier molecular flexibility index (Phi) is 10.5. The molecule has 1 N–H and O–H groups in total. The van der Waals surface area contributed by atoms with Crippen LogP contribution >= 0.6 is 0 Å². The number of likely N-dealkylation sites (N-methyl/N-ethyl adjacent to an activating group) is 1. The van der Waals surface area contributed by atoms with Crippen LogP contribution in [0.1, 0.15) is 122 Å². The molecule has 9 rings (SSSR count). The van der Waals surface area contributed by atoms with Crippen molar-refractivity contribution >= 4 is 44.4 Å². The third-order valence-electron chi connectivity index (χ3n) is 13.2. The summed E-state index contributed by atoms with van der Waals surface area (Å²) in [6.45, 7) is 10.1. The number of nitrogens with one attached hydrogen (secondary N) is 1. The number of carbonyl (C=O) groups excluding carboxylic acids is 2. The van der Waals surface area contributed by atoms with Crippen LogP contribution < -0.4 is 9.46 Å². The van der Waals surface area contributed by atoms with E-state index in [4.69, 9.17) is 14.6 Å². The lowest BCUT2D eigenvalue weighted by Gasteiger charge is -2.33. The van der Waals surface area contributed by atoms with E-state index in [9.17, 15) is 18.0 Å². The number of piperazine rings is 1. The number of rotatable bonds is 10. The number of likely N-dealkylation sites (tertiary alicyclic amines) is 2. The third kappa shape index (κ3) is 7.06. The van der Waals surface area contributed by atoms with Crippen LogP contribution in [0.5, 0.6) is 5.75 Å². The highest BCUT2D eigenvalue weighted by molar-refractivity contribution is 7.90. The first-order chi connectivity index (χ1) is 28.0. The molecule has 0 unspecified atom stereocenters. The SMILES string of the molecule is CCN1C[C@@H]2C[C@H]1CN2C(=O)c1cnn(C2CCOCC2)c1C1=Cc2cc(OC)ccc2-c2c(C3CCCCC3)c3ccc(C(=O)NS(=O)(=O)CC(C)C)cc3n2C1. The minimum absolute atomic E-state index is 0.0228. The summed E-state index contributed by atoms with van der Waals surface area (Å²) in [4.78, 5) is 33.2. The van der Waals surface area contributed by atoms with Gasteiger partial charge in [0.2, 0.25) is 10.0 Å². The van der Waals surface area contributed by atoms with Crippen LogP contribution in [0.2, 0.25) is 0 Å². The molecule has 0 radical (unpaired) electrons. The van der Waals surface area contributed by atoms with Crippen molar-refractivity contribution in [2.24, 2.45) is 5.92 Å². The maximum absolute atomic E-state index is 14.9. The van der Waals surface area contributed by atoms with Gasteiger partial charge in [0.15, 0.2) is 0 Å². The Balaban J connectivity index is 1.23. The lowest BCUT2D eigenvalue weighted by molar-refractivity contribution is 0.0626. The number of allylic oxidation sites excluding steroid dienone is 1. The average molecular weight is 809 g/mol. The van der Waals surface area contributed by atoms with Crippen molar-refractivity contribution in [1.82, 2.24) is 28.9 Å². The largest absolute Gasteiger partial charge is 0.497 e. The monoisotopic (exact) mass is 808 g/mol. The number of ether oxygens (including phenoxy) is 2. The molecule has 6 heterocycles. The summed E-state index contributed by atoms with van der Waals surface area (Å²) < 4.78 is 44.3. The number of carbonyl (C=O) groups is 2. The van der Waals surface area contributed by atoms with Gasteiger partial charge in [0.25, 0.3) is 11.8 Å². The van der Waals surface area contributed by atoms with E-state index in [2.05, 4.69) is 48.9 Å². The summed E-state index contributed by atoms with van der Waals surface area (Å²) in [5.41, 5.74) is 7.93. The lowest BCUT2D eigenvalue weighted by Crippen LogP contribution is -2.48. The predicted octanol–water partition coefficient (Wildman–Crippen LogP) is 7.10. The van der Waals surface area contributed by atoms with Crippen LogP contribution in [-0.2, 0) is 21.3 Å². The Labute approximate surface area is 341 Å². The van der Waals surface area contributed by atoms with Gasteiger partial charge in [-0.15, -0.1) is 0 Å². The zero-order valence-electron chi connectivity index (χ0n) is 34.2. The number of fused-ring (bicyclic) bond motifs is 7. The minimum atomic E-state index is -3.83. The third-order valence-corrected chi connectivity index (χ3v) is 14.8. The predicted molar refractivity (Wildman–Crippen MR) is 226 cm³/mol. The molecule has 4 fully saturated rings. The molecule has 5 aliphatic rings. The Morgan fingerprint density at radius 1 is 0.966 bits per heavy atom. The maximum atomic E-state index is 14.9.